The van der Waals surface area contributed by atoms with Crippen molar-refractivity contribution in [1.82, 2.24) is 0 Å². The Morgan fingerprint density at radius 2 is 1.76 bits per heavy atom. The molecule has 0 unspecified atom stereocenters. The maximum absolute atomic E-state index is 13.1. The zero-order valence-corrected chi connectivity index (χ0v) is 11.1. The Morgan fingerprint density at radius 1 is 1.10 bits per heavy atom. The number of hydrogen-bond donors (Lipinski definition) is 1. The summed E-state index contributed by atoms with van der Waals surface area (Å²) < 4.78 is 39.4. The highest BCUT2D eigenvalue weighted by atomic mass is 19.4. The van der Waals surface area contributed by atoms with Crippen LogP contribution in [0.3, 0.4) is 0 Å². The second-order valence-corrected chi connectivity index (χ2v) is 4.46. The highest BCUT2D eigenvalue weighted by Crippen LogP contribution is 2.40. The number of nitrogens with zero attached hydrogens (tertiary/aromatic N) is 2. The number of anilines is 3. The van der Waals surface area contributed by atoms with Gasteiger partial charge < -0.3 is 10.6 Å². The lowest BCUT2D eigenvalue weighted by Crippen LogP contribution is -2.17. The molecule has 6 heteroatoms. The number of benzene rings is 2. The van der Waals surface area contributed by atoms with E-state index in [1.807, 2.05) is 6.07 Å². The van der Waals surface area contributed by atoms with Crippen LogP contribution in [0.25, 0.3) is 0 Å². The summed E-state index contributed by atoms with van der Waals surface area (Å²) in [6, 6.07) is 12.0. The second kappa shape index (κ2) is 5.37. The van der Waals surface area contributed by atoms with E-state index in [1.54, 1.807) is 24.3 Å². The topological polar surface area (TPSA) is 53.0 Å². The zero-order chi connectivity index (χ0) is 15.6. The molecule has 0 aromatic heterocycles. The number of nitriles is 1. The Kier molecular flexibility index (Phi) is 3.76. The van der Waals surface area contributed by atoms with Crippen molar-refractivity contribution < 1.29 is 13.2 Å². The Morgan fingerprint density at radius 3 is 2.38 bits per heavy atom. The van der Waals surface area contributed by atoms with Crippen molar-refractivity contribution in [1.29, 1.82) is 5.26 Å². The molecule has 0 atom stereocenters. The number of nitrogens with two attached hydrogens (primary N) is 1. The summed E-state index contributed by atoms with van der Waals surface area (Å²) in [6.07, 6.45) is -4.53. The standard InChI is InChI=1S/C15H12F3N3/c1-21(13-5-3-2-4-10(13)9-19)14-7-6-11(20)8-12(14)15(16,17)18/h2-8H,20H2,1H3. The molecule has 0 heterocycles. The lowest BCUT2D eigenvalue weighted by molar-refractivity contribution is -0.137. The summed E-state index contributed by atoms with van der Waals surface area (Å²) in [6.45, 7) is 0. The molecule has 2 aromatic rings. The van der Waals surface area contributed by atoms with Gasteiger partial charge in [-0.25, -0.2) is 0 Å². The highest BCUT2D eigenvalue weighted by molar-refractivity contribution is 5.72. The van der Waals surface area contributed by atoms with Crippen molar-refractivity contribution in [2.45, 2.75) is 6.18 Å². The molecule has 0 spiro atoms. The second-order valence-electron chi connectivity index (χ2n) is 4.46. The first-order valence-corrected chi connectivity index (χ1v) is 6.04. The van der Waals surface area contributed by atoms with Gasteiger partial charge in [0.25, 0.3) is 0 Å². The molecule has 21 heavy (non-hydrogen) atoms. The van der Waals surface area contributed by atoms with Crippen LogP contribution < -0.4 is 10.6 Å². The number of para-hydroxylation sites is 1. The molecule has 2 rings (SSSR count). The number of hydrogen-bond acceptors (Lipinski definition) is 3. The average molecular weight is 291 g/mol. The average Bonchev–Trinajstić information content (AvgIpc) is 2.45. The van der Waals surface area contributed by atoms with Crippen LogP contribution in [0.1, 0.15) is 11.1 Å². The van der Waals surface area contributed by atoms with Gasteiger partial charge in [-0.2, -0.15) is 18.4 Å². The van der Waals surface area contributed by atoms with Gasteiger partial charge in [0.2, 0.25) is 0 Å². The molecule has 3 nitrogen and oxygen atoms in total. The van der Waals surface area contributed by atoms with E-state index in [1.165, 1.54) is 24.1 Å². The quantitative estimate of drug-likeness (QED) is 0.853. The van der Waals surface area contributed by atoms with Gasteiger partial charge in [-0.3, -0.25) is 0 Å². The smallest absolute Gasteiger partial charge is 0.399 e. The monoisotopic (exact) mass is 291 g/mol. The van der Waals surface area contributed by atoms with Gasteiger partial charge in [-0.05, 0) is 30.3 Å². The Bertz CT molecular complexity index is 702. The zero-order valence-electron chi connectivity index (χ0n) is 11.1. The molecule has 0 radical (unpaired) electrons. The minimum atomic E-state index is -4.53. The van der Waals surface area contributed by atoms with Crippen LogP contribution in [0.5, 0.6) is 0 Å². The summed E-state index contributed by atoms with van der Waals surface area (Å²) in [5.74, 6) is 0. The van der Waals surface area contributed by atoms with Gasteiger partial charge in [0.15, 0.2) is 0 Å². The first kappa shape index (κ1) is 14.7. The fourth-order valence-electron chi connectivity index (χ4n) is 2.06. The van der Waals surface area contributed by atoms with Crippen molar-refractivity contribution in [3.63, 3.8) is 0 Å². The molecule has 0 amide bonds. The van der Waals surface area contributed by atoms with E-state index in [0.717, 1.165) is 6.07 Å². The number of alkyl halides is 3. The lowest BCUT2D eigenvalue weighted by Gasteiger charge is -2.24. The van der Waals surface area contributed by atoms with E-state index in [9.17, 15) is 13.2 Å². The van der Waals surface area contributed by atoms with Gasteiger partial charge in [-0.1, -0.05) is 12.1 Å². The predicted octanol–water partition coefficient (Wildman–Crippen LogP) is 3.93. The normalized spacial score (nSPS) is 11.0. The van der Waals surface area contributed by atoms with E-state index in [2.05, 4.69) is 0 Å². The Balaban J connectivity index is 2.59. The van der Waals surface area contributed by atoms with Crippen molar-refractivity contribution in [3.8, 4) is 6.07 Å². The molecule has 108 valence electrons. The number of halogens is 3. The van der Waals surface area contributed by atoms with E-state index in [-0.39, 0.29) is 11.4 Å². The maximum Gasteiger partial charge on any atom is 0.418 e. The third-order valence-corrected chi connectivity index (χ3v) is 3.07. The van der Waals surface area contributed by atoms with Gasteiger partial charge in [-0.15, -0.1) is 0 Å². The van der Waals surface area contributed by atoms with Crippen LogP contribution in [-0.2, 0) is 6.18 Å². The summed E-state index contributed by atoms with van der Waals surface area (Å²) in [7, 11) is 1.48. The number of nitrogen functional groups attached to an aromatic ring is 1. The number of rotatable bonds is 2. The van der Waals surface area contributed by atoms with Gasteiger partial charge >= 0.3 is 6.18 Å². The van der Waals surface area contributed by atoms with Gasteiger partial charge in [0, 0.05) is 12.7 Å². The Hall–Kier alpha value is -2.68. The predicted molar refractivity (Wildman–Crippen MR) is 75.1 cm³/mol. The SMILES string of the molecule is CN(c1ccccc1C#N)c1ccc(N)cc1C(F)(F)F. The van der Waals surface area contributed by atoms with Crippen LogP contribution in [0, 0.1) is 11.3 Å². The first-order valence-electron chi connectivity index (χ1n) is 6.04. The van der Waals surface area contributed by atoms with E-state index in [4.69, 9.17) is 11.0 Å². The fraction of sp³-hybridized carbons (Fsp3) is 0.133. The third kappa shape index (κ3) is 2.92. The molecule has 2 aromatic carbocycles. The maximum atomic E-state index is 13.1. The van der Waals surface area contributed by atoms with Crippen LogP contribution in [-0.4, -0.2) is 7.05 Å². The summed E-state index contributed by atoms with van der Waals surface area (Å²) in [5.41, 5.74) is 5.29. The third-order valence-electron chi connectivity index (χ3n) is 3.07. The lowest BCUT2D eigenvalue weighted by atomic mass is 10.1. The van der Waals surface area contributed by atoms with E-state index < -0.39 is 11.7 Å². The highest BCUT2D eigenvalue weighted by Gasteiger charge is 2.35. The molecule has 0 aliphatic heterocycles. The molecule has 0 aliphatic rings. The molecule has 0 saturated heterocycles. The Labute approximate surface area is 120 Å². The van der Waals surface area contributed by atoms with Crippen molar-refractivity contribution >= 4 is 17.1 Å². The molecule has 0 fully saturated rings. The summed E-state index contributed by atoms with van der Waals surface area (Å²) in [5, 5.41) is 9.07. The van der Waals surface area contributed by atoms with Crippen LogP contribution in [0.4, 0.5) is 30.2 Å². The van der Waals surface area contributed by atoms with Crippen LogP contribution >= 0.6 is 0 Å². The first-order chi connectivity index (χ1) is 9.84. The van der Waals surface area contributed by atoms with E-state index in [0.29, 0.717) is 11.3 Å². The minimum Gasteiger partial charge on any atom is -0.399 e. The molecular weight excluding hydrogens is 279 g/mol. The van der Waals surface area contributed by atoms with E-state index >= 15 is 0 Å². The largest absolute Gasteiger partial charge is 0.418 e. The summed E-state index contributed by atoms with van der Waals surface area (Å²) in [4.78, 5) is 1.33. The van der Waals surface area contributed by atoms with Crippen LogP contribution in [0.15, 0.2) is 42.5 Å². The summed E-state index contributed by atoms with van der Waals surface area (Å²) >= 11 is 0. The van der Waals surface area contributed by atoms with Crippen molar-refractivity contribution in [3.05, 3.63) is 53.6 Å². The van der Waals surface area contributed by atoms with Crippen molar-refractivity contribution in [2.75, 3.05) is 17.7 Å². The molecule has 0 aliphatic carbocycles. The molecule has 0 saturated carbocycles. The molecule has 2 N–H and O–H groups in total. The van der Waals surface area contributed by atoms with Crippen molar-refractivity contribution in [2.24, 2.45) is 0 Å². The van der Waals surface area contributed by atoms with Crippen LogP contribution in [0.2, 0.25) is 0 Å². The van der Waals surface area contributed by atoms with Gasteiger partial charge in [0.1, 0.15) is 6.07 Å². The molecular formula is C15H12F3N3. The minimum absolute atomic E-state index is 0.0352. The van der Waals surface area contributed by atoms with Gasteiger partial charge in [0.05, 0.1) is 22.5 Å². The molecule has 0 bridgehead atoms. The fourth-order valence-corrected chi connectivity index (χ4v) is 2.06.